The van der Waals surface area contributed by atoms with Gasteiger partial charge >= 0.3 is 4.87 Å². The van der Waals surface area contributed by atoms with E-state index in [9.17, 15) is 9.59 Å². The number of ether oxygens (including phenoxy) is 2. The highest BCUT2D eigenvalue weighted by Gasteiger charge is 2.12. The molecular weight excluding hydrogens is 386 g/mol. The number of aromatic nitrogens is 2. The van der Waals surface area contributed by atoms with Crippen LogP contribution in [0.5, 0.6) is 11.5 Å². The fourth-order valence-corrected chi connectivity index (χ4v) is 4.03. The fourth-order valence-electron chi connectivity index (χ4n) is 2.53. The Hall–Kier alpha value is -2.65. The smallest absolute Gasteiger partial charge is 0.307 e. The number of anilines is 1. The van der Waals surface area contributed by atoms with Gasteiger partial charge in [0.1, 0.15) is 0 Å². The topological polar surface area (TPSA) is 82.5 Å². The Bertz CT molecular complexity index is 1010. The van der Waals surface area contributed by atoms with Crippen LogP contribution in [0.4, 0.5) is 5.13 Å². The first-order chi connectivity index (χ1) is 13.0. The summed E-state index contributed by atoms with van der Waals surface area (Å²) < 4.78 is 12.1. The van der Waals surface area contributed by atoms with E-state index < -0.39 is 0 Å². The van der Waals surface area contributed by atoms with Gasteiger partial charge in [0.2, 0.25) is 5.91 Å². The van der Waals surface area contributed by atoms with Crippen LogP contribution >= 0.6 is 22.7 Å². The van der Waals surface area contributed by atoms with Crippen LogP contribution in [-0.2, 0) is 11.3 Å². The summed E-state index contributed by atoms with van der Waals surface area (Å²) in [6.07, 6.45) is 0.211. The number of thiazole rings is 2. The molecule has 27 heavy (non-hydrogen) atoms. The second-order valence-electron chi connectivity index (χ2n) is 5.70. The third-order valence-corrected chi connectivity index (χ3v) is 5.61. The number of hydrogen-bond acceptors (Lipinski definition) is 7. The SMILES string of the molecule is COc1ccc(-c2csc(NC(=O)CCn3c(C)csc3=O)n2)cc1OC. The van der Waals surface area contributed by atoms with E-state index >= 15 is 0 Å². The number of carbonyl (C=O) groups is 1. The Morgan fingerprint density at radius 1 is 1.19 bits per heavy atom. The highest BCUT2D eigenvalue weighted by Crippen LogP contribution is 2.33. The van der Waals surface area contributed by atoms with Gasteiger partial charge in [0.25, 0.3) is 0 Å². The van der Waals surface area contributed by atoms with Gasteiger partial charge in [-0.2, -0.15) is 0 Å². The Morgan fingerprint density at radius 3 is 2.63 bits per heavy atom. The Balaban J connectivity index is 1.65. The monoisotopic (exact) mass is 405 g/mol. The van der Waals surface area contributed by atoms with E-state index in [0.717, 1.165) is 28.3 Å². The summed E-state index contributed by atoms with van der Waals surface area (Å²) in [4.78, 5) is 28.3. The van der Waals surface area contributed by atoms with Gasteiger partial charge in [-0.1, -0.05) is 11.3 Å². The molecule has 0 spiro atoms. The Morgan fingerprint density at radius 2 is 1.96 bits per heavy atom. The zero-order valence-corrected chi connectivity index (χ0v) is 16.8. The summed E-state index contributed by atoms with van der Waals surface area (Å²) >= 11 is 2.48. The van der Waals surface area contributed by atoms with Gasteiger partial charge in [0, 0.05) is 35.0 Å². The molecule has 0 aliphatic carbocycles. The van der Waals surface area contributed by atoms with Gasteiger partial charge < -0.3 is 19.4 Å². The van der Waals surface area contributed by atoms with Crippen LogP contribution in [0.1, 0.15) is 12.1 Å². The lowest BCUT2D eigenvalue weighted by Crippen LogP contribution is -2.20. The highest BCUT2D eigenvalue weighted by molar-refractivity contribution is 7.14. The maximum atomic E-state index is 12.2. The van der Waals surface area contributed by atoms with Gasteiger partial charge in [-0.15, -0.1) is 11.3 Å². The predicted molar refractivity (Wildman–Crippen MR) is 107 cm³/mol. The lowest BCUT2D eigenvalue weighted by atomic mass is 10.1. The van der Waals surface area contributed by atoms with Gasteiger partial charge in [-0.05, 0) is 25.1 Å². The summed E-state index contributed by atoms with van der Waals surface area (Å²) in [6.45, 7) is 2.21. The largest absolute Gasteiger partial charge is 0.493 e. The first-order valence-corrected chi connectivity index (χ1v) is 9.90. The van der Waals surface area contributed by atoms with Gasteiger partial charge in [0.05, 0.1) is 19.9 Å². The number of amides is 1. The molecule has 1 N–H and O–H groups in total. The molecule has 0 unspecified atom stereocenters. The minimum absolute atomic E-state index is 0.0507. The number of nitrogens with zero attached hydrogens (tertiary/aromatic N) is 2. The third kappa shape index (κ3) is 4.37. The van der Waals surface area contributed by atoms with Crippen molar-refractivity contribution in [3.05, 3.63) is 44.3 Å². The molecule has 0 saturated carbocycles. The van der Waals surface area contributed by atoms with Crippen LogP contribution in [0.2, 0.25) is 0 Å². The van der Waals surface area contributed by atoms with Crippen LogP contribution in [-0.4, -0.2) is 29.7 Å². The molecule has 2 heterocycles. The minimum atomic E-state index is -0.180. The third-order valence-electron chi connectivity index (χ3n) is 3.97. The number of aryl methyl sites for hydroxylation is 1. The van der Waals surface area contributed by atoms with Crippen LogP contribution in [0.3, 0.4) is 0 Å². The summed E-state index contributed by atoms with van der Waals surface area (Å²) in [6, 6.07) is 5.53. The van der Waals surface area contributed by atoms with Crippen molar-refractivity contribution < 1.29 is 14.3 Å². The first-order valence-electron chi connectivity index (χ1n) is 8.14. The highest BCUT2D eigenvalue weighted by atomic mass is 32.1. The first kappa shape index (κ1) is 19.1. The van der Waals surface area contributed by atoms with Crippen molar-refractivity contribution in [1.29, 1.82) is 0 Å². The van der Waals surface area contributed by atoms with Crippen LogP contribution in [0, 0.1) is 6.92 Å². The zero-order valence-electron chi connectivity index (χ0n) is 15.1. The number of nitrogens with one attached hydrogen (secondary N) is 1. The number of carbonyl (C=O) groups excluding carboxylic acids is 1. The number of methoxy groups -OCH3 is 2. The molecule has 0 aliphatic rings. The molecule has 0 bridgehead atoms. The lowest BCUT2D eigenvalue weighted by molar-refractivity contribution is -0.116. The summed E-state index contributed by atoms with van der Waals surface area (Å²) in [5.41, 5.74) is 2.47. The van der Waals surface area contributed by atoms with Gasteiger partial charge in [0.15, 0.2) is 16.6 Å². The summed E-state index contributed by atoms with van der Waals surface area (Å²) in [7, 11) is 3.16. The normalized spacial score (nSPS) is 10.6. The molecule has 0 atom stereocenters. The van der Waals surface area contributed by atoms with E-state index in [1.54, 1.807) is 24.2 Å². The van der Waals surface area contributed by atoms with Crippen molar-refractivity contribution in [2.75, 3.05) is 19.5 Å². The summed E-state index contributed by atoms with van der Waals surface area (Å²) in [5, 5.41) is 6.95. The molecule has 0 aliphatic heterocycles. The molecule has 1 amide bonds. The predicted octanol–water partition coefficient (Wildman–Crippen LogP) is 3.39. The standard InChI is InChI=1S/C18H19N3O4S2/c1-11-9-27-18(23)21(11)7-6-16(22)20-17-19-13(10-26-17)12-4-5-14(24-2)15(8-12)25-3/h4-5,8-10H,6-7H2,1-3H3,(H,19,20,22). The van der Waals surface area contributed by atoms with Crippen molar-refractivity contribution in [2.45, 2.75) is 19.9 Å². The number of rotatable bonds is 7. The second kappa shape index (κ2) is 8.36. The minimum Gasteiger partial charge on any atom is -0.493 e. The van der Waals surface area contributed by atoms with E-state index in [2.05, 4.69) is 10.3 Å². The van der Waals surface area contributed by atoms with Crippen LogP contribution in [0.25, 0.3) is 11.3 Å². The Labute approximate surface area is 164 Å². The average Bonchev–Trinajstić information content (AvgIpc) is 3.26. The van der Waals surface area contributed by atoms with E-state index in [4.69, 9.17) is 9.47 Å². The van der Waals surface area contributed by atoms with Crippen molar-refractivity contribution >= 4 is 33.7 Å². The molecule has 2 aromatic heterocycles. The van der Waals surface area contributed by atoms with Crippen molar-refractivity contribution in [3.8, 4) is 22.8 Å². The van der Waals surface area contributed by atoms with Gasteiger partial charge in [-0.3, -0.25) is 9.59 Å². The van der Waals surface area contributed by atoms with E-state index in [1.165, 1.54) is 11.3 Å². The molecule has 1 aromatic carbocycles. The van der Waals surface area contributed by atoms with E-state index in [-0.39, 0.29) is 17.2 Å². The van der Waals surface area contributed by atoms with E-state index in [1.807, 2.05) is 30.5 Å². The Kier molecular flexibility index (Phi) is 5.92. The van der Waals surface area contributed by atoms with Gasteiger partial charge in [-0.25, -0.2) is 4.98 Å². The van der Waals surface area contributed by atoms with E-state index in [0.29, 0.717) is 23.2 Å². The molecule has 7 nitrogen and oxygen atoms in total. The maximum Gasteiger partial charge on any atom is 0.307 e. The lowest BCUT2D eigenvalue weighted by Gasteiger charge is -2.08. The quantitative estimate of drug-likeness (QED) is 0.652. The second-order valence-corrected chi connectivity index (χ2v) is 7.38. The molecule has 3 rings (SSSR count). The maximum absolute atomic E-state index is 12.2. The molecular formula is C18H19N3O4S2. The molecule has 142 valence electrons. The van der Waals surface area contributed by atoms with Crippen molar-refractivity contribution in [2.24, 2.45) is 0 Å². The molecule has 0 fully saturated rings. The fraction of sp³-hybridized carbons (Fsp3) is 0.278. The molecule has 0 radical (unpaired) electrons. The van der Waals surface area contributed by atoms with Crippen LogP contribution < -0.4 is 19.7 Å². The number of benzene rings is 1. The summed E-state index contributed by atoms with van der Waals surface area (Å²) in [5.74, 6) is 1.08. The molecule has 3 aromatic rings. The average molecular weight is 406 g/mol. The zero-order chi connectivity index (χ0) is 19.4. The van der Waals surface area contributed by atoms with Crippen molar-refractivity contribution in [3.63, 3.8) is 0 Å². The molecule has 9 heteroatoms. The van der Waals surface area contributed by atoms with Crippen LogP contribution in [0.15, 0.2) is 33.8 Å². The molecule has 0 saturated heterocycles. The van der Waals surface area contributed by atoms with Crippen molar-refractivity contribution in [1.82, 2.24) is 9.55 Å². The number of hydrogen-bond donors (Lipinski definition) is 1.